The Morgan fingerprint density at radius 2 is 2.00 bits per heavy atom. The van der Waals surface area contributed by atoms with Crippen LogP contribution in [-0.2, 0) is 0 Å². The highest BCUT2D eigenvalue weighted by molar-refractivity contribution is 6.18. The highest BCUT2D eigenvalue weighted by atomic mass is 35.5. The van der Waals surface area contributed by atoms with Crippen LogP contribution in [0.1, 0.15) is 35.3 Å². The first kappa shape index (κ1) is 13.0. The smallest absolute Gasteiger partial charge is 0.252 e. The van der Waals surface area contributed by atoms with Crippen LogP contribution in [0.3, 0.4) is 0 Å². The van der Waals surface area contributed by atoms with Crippen molar-refractivity contribution in [1.82, 2.24) is 5.32 Å². The summed E-state index contributed by atoms with van der Waals surface area (Å²) in [4.78, 5) is 12.0. The number of alkyl halides is 1. The fourth-order valence-corrected chi connectivity index (χ4v) is 1.47. The van der Waals surface area contributed by atoms with Crippen molar-refractivity contribution >= 4 is 17.5 Å². The Balaban J connectivity index is 2.94. The van der Waals surface area contributed by atoms with Gasteiger partial charge in [-0.25, -0.2) is 0 Å². The molecular formula is C13H18ClNO. The fourth-order valence-electron chi connectivity index (χ4n) is 1.41. The first-order valence-electron chi connectivity index (χ1n) is 5.32. The van der Waals surface area contributed by atoms with Crippen LogP contribution in [0.15, 0.2) is 18.2 Å². The van der Waals surface area contributed by atoms with E-state index in [1.807, 2.05) is 45.9 Å². The van der Waals surface area contributed by atoms with Gasteiger partial charge in [0.2, 0.25) is 0 Å². The molecule has 1 rings (SSSR count). The SMILES string of the molecule is Cc1cccc(C(=O)NC(C)(C)CCl)c1C. The molecule has 0 fully saturated rings. The molecule has 0 aliphatic carbocycles. The van der Waals surface area contributed by atoms with Crippen LogP contribution in [0.25, 0.3) is 0 Å². The van der Waals surface area contributed by atoms with Crippen molar-refractivity contribution in [2.24, 2.45) is 0 Å². The van der Waals surface area contributed by atoms with Crippen molar-refractivity contribution in [2.75, 3.05) is 5.88 Å². The molecule has 0 aromatic heterocycles. The molecule has 0 unspecified atom stereocenters. The molecule has 0 spiro atoms. The summed E-state index contributed by atoms with van der Waals surface area (Å²) in [5.41, 5.74) is 2.48. The molecule has 0 aliphatic rings. The zero-order chi connectivity index (χ0) is 12.3. The molecule has 3 heteroatoms. The Morgan fingerprint density at radius 1 is 1.38 bits per heavy atom. The fraction of sp³-hybridized carbons (Fsp3) is 0.462. The standard InChI is InChI=1S/C13H18ClNO/c1-9-6-5-7-11(10(9)2)12(16)15-13(3,4)8-14/h5-7H,8H2,1-4H3,(H,15,16). The van der Waals surface area contributed by atoms with E-state index < -0.39 is 0 Å². The second-order valence-corrected chi connectivity index (χ2v) is 4.99. The average Bonchev–Trinajstić information content (AvgIpc) is 2.21. The topological polar surface area (TPSA) is 29.1 Å². The summed E-state index contributed by atoms with van der Waals surface area (Å²) in [6.45, 7) is 7.77. The Bertz CT molecular complexity index is 399. The summed E-state index contributed by atoms with van der Waals surface area (Å²) >= 11 is 5.78. The molecule has 2 nitrogen and oxygen atoms in total. The normalized spacial score (nSPS) is 11.3. The van der Waals surface area contributed by atoms with E-state index in [4.69, 9.17) is 11.6 Å². The number of carbonyl (C=O) groups excluding carboxylic acids is 1. The lowest BCUT2D eigenvalue weighted by atomic mass is 10.0. The van der Waals surface area contributed by atoms with E-state index in [-0.39, 0.29) is 11.4 Å². The van der Waals surface area contributed by atoms with E-state index in [1.54, 1.807) is 0 Å². The Morgan fingerprint density at radius 3 is 2.56 bits per heavy atom. The summed E-state index contributed by atoms with van der Waals surface area (Å²) in [7, 11) is 0. The summed E-state index contributed by atoms with van der Waals surface area (Å²) in [5.74, 6) is 0.329. The maximum atomic E-state index is 12.0. The van der Waals surface area contributed by atoms with Gasteiger partial charge in [-0.3, -0.25) is 4.79 Å². The lowest BCUT2D eigenvalue weighted by Crippen LogP contribution is -2.45. The first-order valence-corrected chi connectivity index (χ1v) is 5.85. The molecule has 0 bridgehead atoms. The summed E-state index contributed by atoms with van der Waals surface area (Å²) in [6, 6.07) is 5.73. The molecule has 0 heterocycles. The highest BCUT2D eigenvalue weighted by Crippen LogP contribution is 2.14. The Kier molecular flexibility index (Phi) is 3.98. The van der Waals surface area contributed by atoms with Gasteiger partial charge in [-0.15, -0.1) is 11.6 Å². The van der Waals surface area contributed by atoms with Crippen LogP contribution in [0, 0.1) is 13.8 Å². The molecule has 0 saturated carbocycles. The summed E-state index contributed by atoms with van der Waals surface area (Å²) in [6.07, 6.45) is 0. The van der Waals surface area contributed by atoms with Crippen LogP contribution in [0.4, 0.5) is 0 Å². The maximum absolute atomic E-state index is 12.0. The van der Waals surface area contributed by atoms with Gasteiger partial charge in [-0.05, 0) is 44.9 Å². The maximum Gasteiger partial charge on any atom is 0.252 e. The molecule has 0 saturated heterocycles. The number of rotatable bonds is 3. The van der Waals surface area contributed by atoms with Gasteiger partial charge in [0, 0.05) is 17.0 Å². The first-order chi connectivity index (χ1) is 7.37. The lowest BCUT2D eigenvalue weighted by Gasteiger charge is -2.24. The third-order valence-electron chi connectivity index (χ3n) is 2.64. The number of hydrogen-bond donors (Lipinski definition) is 1. The summed E-state index contributed by atoms with van der Waals surface area (Å²) < 4.78 is 0. The van der Waals surface area contributed by atoms with Gasteiger partial charge in [0.25, 0.3) is 5.91 Å². The van der Waals surface area contributed by atoms with Gasteiger partial charge in [0.05, 0.1) is 0 Å². The van der Waals surface area contributed by atoms with Crippen molar-refractivity contribution in [2.45, 2.75) is 33.2 Å². The van der Waals surface area contributed by atoms with Crippen molar-refractivity contribution < 1.29 is 4.79 Å². The van der Waals surface area contributed by atoms with E-state index in [9.17, 15) is 4.79 Å². The van der Waals surface area contributed by atoms with Gasteiger partial charge in [-0.1, -0.05) is 12.1 Å². The van der Waals surface area contributed by atoms with Crippen molar-refractivity contribution in [3.8, 4) is 0 Å². The van der Waals surface area contributed by atoms with Crippen molar-refractivity contribution in [3.63, 3.8) is 0 Å². The molecule has 1 amide bonds. The van der Waals surface area contributed by atoms with Gasteiger partial charge < -0.3 is 5.32 Å². The predicted octanol–water partition coefficient (Wildman–Crippen LogP) is 3.05. The van der Waals surface area contributed by atoms with E-state index in [1.165, 1.54) is 0 Å². The molecular weight excluding hydrogens is 222 g/mol. The van der Waals surface area contributed by atoms with Crippen LogP contribution in [0.2, 0.25) is 0 Å². The molecule has 1 aromatic rings. The third-order valence-corrected chi connectivity index (χ3v) is 3.30. The van der Waals surface area contributed by atoms with Gasteiger partial charge in [0.1, 0.15) is 0 Å². The zero-order valence-electron chi connectivity index (χ0n) is 10.2. The second-order valence-electron chi connectivity index (χ2n) is 4.72. The molecule has 0 aliphatic heterocycles. The number of aryl methyl sites for hydroxylation is 1. The third kappa shape index (κ3) is 2.99. The minimum absolute atomic E-state index is 0.0631. The molecule has 88 valence electrons. The second kappa shape index (κ2) is 4.88. The monoisotopic (exact) mass is 239 g/mol. The highest BCUT2D eigenvalue weighted by Gasteiger charge is 2.20. The quantitative estimate of drug-likeness (QED) is 0.808. The molecule has 1 aromatic carbocycles. The number of halogens is 1. The number of amides is 1. The lowest BCUT2D eigenvalue weighted by molar-refractivity contribution is 0.0920. The average molecular weight is 240 g/mol. The van der Waals surface area contributed by atoms with Crippen molar-refractivity contribution in [1.29, 1.82) is 0 Å². The molecule has 1 N–H and O–H groups in total. The Hall–Kier alpha value is -1.02. The molecule has 0 atom stereocenters. The van der Waals surface area contributed by atoms with Crippen LogP contribution in [0.5, 0.6) is 0 Å². The van der Waals surface area contributed by atoms with Gasteiger partial charge in [-0.2, -0.15) is 0 Å². The largest absolute Gasteiger partial charge is 0.346 e. The minimum Gasteiger partial charge on any atom is -0.346 e. The number of nitrogens with one attached hydrogen (secondary N) is 1. The van der Waals surface area contributed by atoms with Crippen LogP contribution >= 0.6 is 11.6 Å². The van der Waals surface area contributed by atoms with Crippen molar-refractivity contribution in [3.05, 3.63) is 34.9 Å². The molecule has 0 radical (unpaired) electrons. The Labute approximate surface area is 102 Å². The minimum atomic E-state index is -0.380. The van der Waals surface area contributed by atoms with Crippen LogP contribution in [-0.4, -0.2) is 17.3 Å². The van der Waals surface area contributed by atoms with E-state index in [2.05, 4.69) is 5.32 Å². The number of carbonyl (C=O) groups is 1. The number of benzene rings is 1. The van der Waals surface area contributed by atoms with Crippen LogP contribution < -0.4 is 5.32 Å². The number of hydrogen-bond acceptors (Lipinski definition) is 1. The van der Waals surface area contributed by atoms with Gasteiger partial charge >= 0.3 is 0 Å². The van der Waals surface area contributed by atoms with Gasteiger partial charge in [0.15, 0.2) is 0 Å². The predicted molar refractivity (Wildman–Crippen MR) is 68.2 cm³/mol. The van der Waals surface area contributed by atoms with E-state index in [0.717, 1.165) is 16.7 Å². The molecule has 16 heavy (non-hydrogen) atoms. The zero-order valence-corrected chi connectivity index (χ0v) is 11.0. The summed E-state index contributed by atoms with van der Waals surface area (Å²) in [5, 5.41) is 2.92. The van der Waals surface area contributed by atoms with E-state index >= 15 is 0 Å². The van der Waals surface area contributed by atoms with E-state index in [0.29, 0.717) is 5.88 Å².